The molecule has 0 fully saturated rings. The number of hydrogen-bond donors (Lipinski definition) is 2. The van der Waals surface area contributed by atoms with Crippen molar-refractivity contribution in [2.75, 3.05) is 12.8 Å². The fourth-order valence-corrected chi connectivity index (χ4v) is 1.56. The SMILES string of the molecule is COc1ccc(CNC(=O)c2ccc(N)cc2)cn1. The lowest BCUT2D eigenvalue weighted by atomic mass is 10.2. The van der Waals surface area contributed by atoms with Crippen molar-refractivity contribution in [2.24, 2.45) is 0 Å². The first kappa shape index (κ1) is 12.9. The number of hydrogen-bond acceptors (Lipinski definition) is 4. The predicted octanol–water partition coefficient (Wildman–Crippen LogP) is 1.60. The van der Waals surface area contributed by atoms with Gasteiger partial charge in [-0.1, -0.05) is 6.07 Å². The van der Waals surface area contributed by atoms with Gasteiger partial charge in [-0.05, 0) is 29.8 Å². The van der Waals surface area contributed by atoms with Gasteiger partial charge in [0.05, 0.1) is 7.11 Å². The molecule has 1 heterocycles. The molecule has 0 aliphatic rings. The molecule has 1 aromatic carbocycles. The molecule has 0 saturated carbocycles. The number of ether oxygens (including phenoxy) is 1. The number of nitrogens with zero attached hydrogens (tertiary/aromatic N) is 1. The number of carbonyl (C=O) groups is 1. The summed E-state index contributed by atoms with van der Waals surface area (Å²) >= 11 is 0. The standard InChI is InChI=1S/C14H15N3O2/c1-19-13-7-2-10(8-16-13)9-17-14(18)11-3-5-12(15)6-4-11/h2-8H,9,15H2,1H3,(H,17,18). The molecular formula is C14H15N3O2. The number of carbonyl (C=O) groups excluding carboxylic acids is 1. The molecule has 98 valence electrons. The van der Waals surface area contributed by atoms with Crippen molar-refractivity contribution in [2.45, 2.75) is 6.54 Å². The number of pyridine rings is 1. The lowest BCUT2D eigenvalue weighted by Gasteiger charge is -2.06. The number of methoxy groups -OCH3 is 1. The highest BCUT2D eigenvalue weighted by molar-refractivity contribution is 5.94. The lowest BCUT2D eigenvalue weighted by molar-refractivity contribution is 0.0951. The van der Waals surface area contributed by atoms with Crippen molar-refractivity contribution in [3.8, 4) is 5.88 Å². The molecule has 5 heteroatoms. The Labute approximate surface area is 111 Å². The van der Waals surface area contributed by atoms with E-state index in [0.717, 1.165) is 5.56 Å². The molecule has 0 saturated heterocycles. The summed E-state index contributed by atoms with van der Waals surface area (Å²) in [7, 11) is 1.56. The Bertz CT molecular complexity index is 550. The third-order valence-electron chi connectivity index (χ3n) is 2.63. The Morgan fingerprint density at radius 2 is 2.00 bits per heavy atom. The average Bonchev–Trinajstić information content (AvgIpc) is 2.46. The average molecular weight is 257 g/mol. The zero-order chi connectivity index (χ0) is 13.7. The molecule has 1 aromatic heterocycles. The van der Waals surface area contributed by atoms with Crippen LogP contribution >= 0.6 is 0 Å². The van der Waals surface area contributed by atoms with E-state index in [2.05, 4.69) is 10.3 Å². The number of nitrogens with one attached hydrogen (secondary N) is 1. The van der Waals surface area contributed by atoms with Gasteiger partial charge in [0.1, 0.15) is 0 Å². The molecule has 0 aliphatic carbocycles. The van der Waals surface area contributed by atoms with Crippen LogP contribution in [-0.2, 0) is 6.54 Å². The van der Waals surface area contributed by atoms with E-state index in [1.54, 1.807) is 43.6 Å². The van der Waals surface area contributed by atoms with Crippen LogP contribution in [0.25, 0.3) is 0 Å². The Kier molecular flexibility index (Phi) is 3.97. The van der Waals surface area contributed by atoms with Gasteiger partial charge in [-0.15, -0.1) is 0 Å². The van der Waals surface area contributed by atoms with Crippen LogP contribution in [0, 0.1) is 0 Å². The molecule has 5 nitrogen and oxygen atoms in total. The van der Waals surface area contributed by atoms with Gasteiger partial charge in [0.2, 0.25) is 5.88 Å². The minimum absolute atomic E-state index is 0.143. The van der Waals surface area contributed by atoms with E-state index in [1.165, 1.54) is 0 Å². The first-order chi connectivity index (χ1) is 9.19. The van der Waals surface area contributed by atoms with Gasteiger partial charge in [0.15, 0.2) is 0 Å². The largest absolute Gasteiger partial charge is 0.481 e. The Morgan fingerprint density at radius 1 is 1.26 bits per heavy atom. The highest BCUT2D eigenvalue weighted by Crippen LogP contribution is 2.08. The van der Waals surface area contributed by atoms with Crippen LogP contribution < -0.4 is 15.8 Å². The summed E-state index contributed by atoms with van der Waals surface area (Å²) in [6.45, 7) is 0.417. The summed E-state index contributed by atoms with van der Waals surface area (Å²) in [6.07, 6.45) is 1.67. The summed E-state index contributed by atoms with van der Waals surface area (Å²) in [5.41, 5.74) is 7.69. The van der Waals surface area contributed by atoms with Crippen molar-refractivity contribution >= 4 is 11.6 Å². The van der Waals surface area contributed by atoms with Crippen LogP contribution in [-0.4, -0.2) is 18.0 Å². The topological polar surface area (TPSA) is 77.2 Å². The quantitative estimate of drug-likeness (QED) is 0.816. The zero-order valence-electron chi connectivity index (χ0n) is 10.6. The summed E-state index contributed by atoms with van der Waals surface area (Å²) in [5.74, 6) is 0.407. The van der Waals surface area contributed by atoms with Crippen LogP contribution in [0.1, 0.15) is 15.9 Å². The van der Waals surface area contributed by atoms with E-state index >= 15 is 0 Å². The van der Waals surface area contributed by atoms with Gasteiger partial charge >= 0.3 is 0 Å². The molecule has 19 heavy (non-hydrogen) atoms. The molecular weight excluding hydrogens is 242 g/mol. The maximum atomic E-state index is 11.9. The highest BCUT2D eigenvalue weighted by atomic mass is 16.5. The zero-order valence-corrected chi connectivity index (χ0v) is 10.6. The maximum Gasteiger partial charge on any atom is 0.251 e. The fourth-order valence-electron chi connectivity index (χ4n) is 1.56. The smallest absolute Gasteiger partial charge is 0.251 e. The molecule has 0 bridgehead atoms. The number of aromatic nitrogens is 1. The molecule has 2 aromatic rings. The third kappa shape index (κ3) is 3.45. The molecule has 0 spiro atoms. The molecule has 1 amide bonds. The van der Waals surface area contributed by atoms with Crippen molar-refractivity contribution in [3.63, 3.8) is 0 Å². The Hall–Kier alpha value is -2.56. The fraction of sp³-hybridized carbons (Fsp3) is 0.143. The molecule has 0 unspecified atom stereocenters. The number of anilines is 1. The molecule has 3 N–H and O–H groups in total. The maximum absolute atomic E-state index is 11.9. The van der Waals surface area contributed by atoms with Gasteiger partial charge in [-0.2, -0.15) is 0 Å². The second-order valence-electron chi connectivity index (χ2n) is 4.01. The van der Waals surface area contributed by atoms with E-state index in [1.807, 2.05) is 6.07 Å². The Morgan fingerprint density at radius 3 is 2.58 bits per heavy atom. The summed E-state index contributed by atoms with van der Waals surface area (Å²) in [4.78, 5) is 15.9. The van der Waals surface area contributed by atoms with Gasteiger partial charge in [-0.3, -0.25) is 4.79 Å². The number of benzene rings is 1. The summed E-state index contributed by atoms with van der Waals surface area (Å²) in [6, 6.07) is 10.4. The highest BCUT2D eigenvalue weighted by Gasteiger charge is 2.04. The van der Waals surface area contributed by atoms with E-state index in [4.69, 9.17) is 10.5 Å². The van der Waals surface area contributed by atoms with Gasteiger partial charge < -0.3 is 15.8 Å². The summed E-state index contributed by atoms with van der Waals surface area (Å²) < 4.78 is 4.96. The monoisotopic (exact) mass is 257 g/mol. The van der Waals surface area contributed by atoms with Crippen LogP contribution in [0.2, 0.25) is 0 Å². The minimum atomic E-state index is -0.143. The number of nitrogen functional groups attached to an aromatic ring is 1. The second-order valence-corrected chi connectivity index (χ2v) is 4.01. The third-order valence-corrected chi connectivity index (χ3v) is 2.63. The number of rotatable bonds is 4. The number of nitrogens with two attached hydrogens (primary N) is 1. The van der Waals surface area contributed by atoms with Crippen molar-refractivity contribution in [1.82, 2.24) is 10.3 Å². The second kappa shape index (κ2) is 5.86. The molecule has 0 aliphatic heterocycles. The van der Waals surface area contributed by atoms with Gasteiger partial charge in [0, 0.05) is 30.1 Å². The van der Waals surface area contributed by atoms with E-state index in [-0.39, 0.29) is 5.91 Å². The Balaban J connectivity index is 1.94. The van der Waals surface area contributed by atoms with Crippen molar-refractivity contribution < 1.29 is 9.53 Å². The normalized spacial score (nSPS) is 9.95. The molecule has 0 radical (unpaired) electrons. The van der Waals surface area contributed by atoms with Crippen molar-refractivity contribution in [3.05, 3.63) is 53.7 Å². The first-order valence-electron chi connectivity index (χ1n) is 5.81. The van der Waals surface area contributed by atoms with Gasteiger partial charge in [0.25, 0.3) is 5.91 Å². The minimum Gasteiger partial charge on any atom is -0.481 e. The molecule has 2 rings (SSSR count). The van der Waals surface area contributed by atoms with E-state index in [9.17, 15) is 4.79 Å². The predicted molar refractivity (Wildman–Crippen MR) is 72.8 cm³/mol. The van der Waals surface area contributed by atoms with E-state index < -0.39 is 0 Å². The summed E-state index contributed by atoms with van der Waals surface area (Å²) in [5, 5.41) is 2.81. The van der Waals surface area contributed by atoms with Crippen LogP contribution in [0.5, 0.6) is 5.88 Å². The van der Waals surface area contributed by atoms with Crippen LogP contribution in [0.15, 0.2) is 42.6 Å². The van der Waals surface area contributed by atoms with Crippen LogP contribution in [0.3, 0.4) is 0 Å². The van der Waals surface area contributed by atoms with E-state index in [0.29, 0.717) is 23.7 Å². The van der Waals surface area contributed by atoms with Crippen LogP contribution in [0.4, 0.5) is 5.69 Å². The molecule has 0 atom stereocenters. The number of amides is 1. The van der Waals surface area contributed by atoms with Crippen molar-refractivity contribution in [1.29, 1.82) is 0 Å². The van der Waals surface area contributed by atoms with Gasteiger partial charge in [-0.25, -0.2) is 4.98 Å². The lowest BCUT2D eigenvalue weighted by Crippen LogP contribution is -2.22. The first-order valence-corrected chi connectivity index (χ1v) is 5.81.